The summed E-state index contributed by atoms with van der Waals surface area (Å²) in [4.78, 5) is 22.2. The fraction of sp³-hybridized carbons (Fsp3) is 0.182. The maximum absolute atomic E-state index is 13.8. The summed E-state index contributed by atoms with van der Waals surface area (Å²) >= 11 is 0. The zero-order valence-corrected chi connectivity index (χ0v) is 9.70. The molecule has 2 heterocycles. The van der Waals surface area contributed by atoms with Gasteiger partial charge in [0, 0.05) is 19.4 Å². The van der Waals surface area contributed by atoms with Crippen molar-refractivity contribution < 1.29 is 9.18 Å². The number of nitrogens with zero attached hydrogens (tertiary/aromatic N) is 2. The number of anilines is 1. The minimum Gasteiger partial charge on any atom is -0.371 e. The van der Waals surface area contributed by atoms with E-state index in [9.17, 15) is 9.18 Å². The van der Waals surface area contributed by atoms with Gasteiger partial charge in [0.25, 0.3) is 5.91 Å². The van der Waals surface area contributed by atoms with Gasteiger partial charge in [-0.1, -0.05) is 0 Å². The Bertz CT molecular complexity index is 540. The van der Waals surface area contributed by atoms with E-state index in [1.54, 1.807) is 6.20 Å². The van der Waals surface area contributed by atoms with E-state index in [1.807, 2.05) is 0 Å². The molecule has 0 spiro atoms. The molecule has 0 unspecified atom stereocenters. The van der Waals surface area contributed by atoms with Crippen LogP contribution in [-0.4, -0.2) is 27.9 Å². The third-order valence-electron chi connectivity index (χ3n) is 2.36. The average Bonchev–Trinajstić information content (AvgIpc) is 2.89. The van der Waals surface area contributed by atoms with Crippen LogP contribution in [-0.2, 0) is 6.54 Å². The van der Waals surface area contributed by atoms with Crippen LogP contribution in [0.5, 0.6) is 0 Å². The van der Waals surface area contributed by atoms with Crippen LogP contribution in [0.1, 0.15) is 16.1 Å². The van der Waals surface area contributed by atoms with Gasteiger partial charge >= 0.3 is 0 Å². The number of aromatic nitrogens is 3. The molecular weight excluding hydrogens is 237 g/mol. The second-order valence-electron chi connectivity index (χ2n) is 3.53. The Morgan fingerprint density at radius 3 is 3.06 bits per heavy atom. The summed E-state index contributed by atoms with van der Waals surface area (Å²) in [7, 11) is 1.54. The number of pyridine rings is 1. The third kappa shape index (κ3) is 2.45. The number of aromatic amines is 1. The van der Waals surface area contributed by atoms with E-state index in [0.717, 1.165) is 5.69 Å². The highest BCUT2D eigenvalue weighted by atomic mass is 19.1. The first-order valence-corrected chi connectivity index (χ1v) is 5.30. The van der Waals surface area contributed by atoms with Crippen molar-refractivity contribution in [1.29, 1.82) is 0 Å². The van der Waals surface area contributed by atoms with Gasteiger partial charge in [-0.3, -0.25) is 4.79 Å². The molecule has 3 N–H and O–H groups in total. The molecule has 0 fully saturated rings. The van der Waals surface area contributed by atoms with Crippen molar-refractivity contribution in [2.45, 2.75) is 6.54 Å². The lowest BCUT2D eigenvalue weighted by molar-refractivity contribution is 0.0946. The lowest BCUT2D eigenvalue weighted by Crippen LogP contribution is -2.24. The predicted octanol–water partition coefficient (Wildman–Crippen LogP) is 0.915. The van der Waals surface area contributed by atoms with E-state index in [0.29, 0.717) is 0 Å². The lowest BCUT2D eigenvalue weighted by Gasteiger charge is -2.07. The van der Waals surface area contributed by atoms with Crippen molar-refractivity contribution in [3.8, 4) is 0 Å². The highest BCUT2D eigenvalue weighted by Gasteiger charge is 2.15. The smallest absolute Gasteiger partial charge is 0.254 e. The normalized spacial score (nSPS) is 10.1. The Morgan fingerprint density at radius 1 is 1.56 bits per heavy atom. The summed E-state index contributed by atoms with van der Waals surface area (Å²) in [5.41, 5.74) is 0.695. The van der Waals surface area contributed by atoms with E-state index in [-0.39, 0.29) is 17.9 Å². The summed E-state index contributed by atoms with van der Waals surface area (Å²) in [6.07, 6.45) is 4.47. The molecule has 2 rings (SSSR count). The predicted molar refractivity (Wildman–Crippen MR) is 63.5 cm³/mol. The molecule has 1 amide bonds. The monoisotopic (exact) mass is 249 g/mol. The van der Waals surface area contributed by atoms with Gasteiger partial charge in [-0.25, -0.2) is 14.4 Å². The number of H-pyrrole nitrogens is 1. The minimum atomic E-state index is -0.665. The fourth-order valence-corrected chi connectivity index (χ4v) is 1.45. The molecule has 0 atom stereocenters. The summed E-state index contributed by atoms with van der Waals surface area (Å²) in [5.74, 6) is -1.12. The third-order valence-corrected chi connectivity index (χ3v) is 2.36. The molecule has 0 aliphatic heterocycles. The largest absolute Gasteiger partial charge is 0.371 e. The van der Waals surface area contributed by atoms with Gasteiger partial charge in [-0.2, -0.15) is 0 Å². The Morgan fingerprint density at radius 2 is 2.39 bits per heavy atom. The molecule has 0 aliphatic rings. The first-order valence-electron chi connectivity index (χ1n) is 5.30. The number of amides is 1. The van der Waals surface area contributed by atoms with Crippen molar-refractivity contribution in [2.24, 2.45) is 0 Å². The summed E-state index contributed by atoms with van der Waals surface area (Å²) in [6.45, 7) is 0.259. The van der Waals surface area contributed by atoms with Crippen LogP contribution in [0.15, 0.2) is 24.8 Å². The molecule has 18 heavy (non-hydrogen) atoms. The van der Waals surface area contributed by atoms with Gasteiger partial charge in [0.1, 0.15) is 0 Å². The molecule has 0 saturated heterocycles. The Balaban J connectivity index is 2.09. The molecule has 2 aromatic heterocycles. The molecule has 0 bridgehead atoms. The van der Waals surface area contributed by atoms with Crippen molar-refractivity contribution in [1.82, 2.24) is 20.3 Å². The van der Waals surface area contributed by atoms with Crippen LogP contribution >= 0.6 is 0 Å². The summed E-state index contributed by atoms with van der Waals surface area (Å²) < 4.78 is 13.8. The van der Waals surface area contributed by atoms with E-state index < -0.39 is 11.7 Å². The van der Waals surface area contributed by atoms with Crippen LogP contribution in [0.25, 0.3) is 0 Å². The van der Waals surface area contributed by atoms with Gasteiger partial charge in [0.2, 0.25) is 0 Å². The van der Waals surface area contributed by atoms with Gasteiger partial charge in [-0.15, -0.1) is 0 Å². The zero-order chi connectivity index (χ0) is 13.0. The maximum atomic E-state index is 13.8. The quantitative estimate of drug-likeness (QED) is 0.752. The van der Waals surface area contributed by atoms with Crippen LogP contribution in [0.2, 0.25) is 0 Å². The van der Waals surface area contributed by atoms with Crippen molar-refractivity contribution in [2.75, 3.05) is 12.4 Å². The molecule has 2 aromatic rings. The molecule has 0 aliphatic carbocycles. The average molecular weight is 249 g/mol. The highest BCUT2D eigenvalue weighted by molar-refractivity contribution is 5.95. The molecule has 6 nitrogen and oxygen atoms in total. The van der Waals surface area contributed by atoms with Gasteiger partial charge in [0.05, 0.1) is 24.1 Å². The number of carbonyl (C=O) groups is 1. The van der Waals surface area contributed by atoms with Crippen LogP contribution in [0, 0.1) is 5.82 Å². The highest BCUT2D eigenvalue weighted by Crippen LogP contribution is 2.14. The second kappa shape index (κ2) is 5.26. The van der Waals surface area contributed by atoms with E-state index in [2.05, 4.69) is 25.6 Å². The number of carbonyl (C=O) groups excluding carboxylic acids is 1. The Kier molecular flexibility index (Phi) is 3.52. The van der Waals surface area contributed by atoms with Crippen molar-refractivity contribution >= 4 is 11.7 Å². The second-order valence-corrected chi connectivity index (χ2v) is 3.53. The molecule has 94 valence electrons. The Labute approximate surface area is 103 Å². The molecular formula is C11H12FN5O. The number of imidazole rings is 1. The number of hydrogen-bond acceptors (Lipinski definition) is 4. The van der Waals surface area contributed by atoms with Crippen LogP contribution < -0.4 is 10.6 Å². The van der Waals surface area contributed by atoms with Gasteiger partial charge in [-0.05, 0) is 6.07 Å². The van der Waals surface area contributed by atoms with Crippen LogP contribution in [0.3, 0.4) is 0 Å². The summed E-state index contributed by atoms with van der Waals surface area (Å²) in [5, 5.41) is 5.17. The summed E-state index contributed by atoms with van der Waals surface area (Å²) in [6, 6.07) is 1.33. The zero-order valence-electron chi connectivity index (χ0n) is 9.70. The maximum Gasteiger partial charge on any atom is 0.254 e. The van der Waals surface area contributed by atoms with Gasteiger partial charge < -0.3 is 15.6 Å². The first-order chi connectivity index (χ1) is 8.72. The van der Waals surface area contributed by atoms with E-state index >= 15 is 0 Å². The van der Waals surface area contributed by atoms with Gasteiger partial charge in [0.15, 0.2) is 11.6 Å². The standard InChI is InChI=1S/C11H12FN5O/c1-13-10-9(12)8(2-3-15-10)11(18)16-5-7-4-14-6-17-7/h2-4,6H,5H2,1H3,(H,13,15)(H,14,17)(H,16,18). The first kappa shape index (κ1) is 12.0. The number of rotatable bonds is 4. The van der Waals surface area contributed by atoms with Crippen molar-refractivity contribution in [3.05, 3.63) is 41.9 Å². The minimum absolute atomic E-state index is 0.0455. The van der Waals surface area contributed by atoms with E-state index in [1.165, 1.54) is 25.6 Å². The fourth-order valence-electron chi connectivity index (χ4n) is 1.45. The van der Waals surface area contributed by atoms with Crippen molar-refractivity contribution in [3.63, 3.8) is 0 Å². The Hall–Kier alpha value is -2.44. The number of halogens is 1. The van der Waals surface area contributed by atoms with Crippen LogP contribution in [0.4, 0.5) is 10.2 Å². The molecule has 7 heteroatoms. The van der Waals surface area contributed by atoms with E-state index in [4.69, 9.17) is 0 Å². The number of nitrogens with one attached hydrogen (secondary N) is 3. The lowest BCUT2D eigenvalue weighted by atomic mass is 10.2. The molecule has 0 saturated carbocycles. The number of hydrogen-bond donors (Lipinski definition) is 3. The topological polar surface area (TPSA) is 82.7 Å². The molecule has 0 radical (unpaired) electrons. The molecule has 0 aromatic carbocycles. The SMILES string of the molecule is CNc1nccc(C(=O)NCc2cnc[nH]2)c1F.